The predicted octanol–water partition coefficient (Wildman–Crippen LogP) is 3.79. The quantitative estimate of drug-likeness (QED) is 0.777. The zero-order valence-electron chi connectivity index (χ0n) is 10.8. The molecule has 4 heteroatoms. The van der Waals surface area contributed by atoms with Gasteiger partial charge in [-0.05, 0) is 35.7 Å². The fourth-order valence-electron chi connectivity index (χ4n) is 2.50. The van der Waals surface area contributed by atoms with E-state index >= 15 is 0 Å². The maximum Gasteiger partial charge on any atom is 0.257 e. The molecule has 1 heterocycles. The lowest BCUT2D eigenvalue weighted by Gasteiger charge is -2.29. The molecule has 1 aliphatic rings. The second kappa shape index (κ2) is 5.37. The van der Waals surface area contributed by atoms with E-state index in [4.69, 9.17) is 0 Å². The number of rotatable bonds is 1. The number of nitrogens with zero attached hydrogens (tertiary/aromatic N) is 1. The molecule has 0 spiro atoms. The van der Waals surface area contributed by atoms with E-state index in [2.05, 4.69) is 22.0 Å². The molecule has 2 nitrogen and oxygen atoms in total. The lowest BCUT2D eigenvalue weighted by Crippen LogP contribution is -2.36. The lowest BCUT2D eigenvalue weighted by molar-refractivity contribution is 0.0730. The highest BCUT2D eigenvalue weighted by molar-refractivity contribution is 9.10. The largest absolute Gasteiger partial charge is 0.334 e. The Balaban J connectivity index is 1.86. The van der Waals surface area contributed by atoms with Crippen molar-refractivity contribution in [2.45, 2.75) is 13.0 Å². The first kappa shape index (κ1) is 13.3. The van der Waals surface area contributed by atoms with Crippen LogP contribution in [0.4, 0.5) is 4.39 Å². The minimum atomic E-state index is -0.483. The number of carbonyl (C=O) groups excluding carboxylic acids is 1. The summed E-state index contributed by atoms with van der Waals surface area (Å²) in [6, 6.07) is 12.6. The van der Waals surface area contributed by atoms with E-state index in [0.29, 0.717) is 17.6 Å². The number of hydrogen-bond acceptors (Lipinski definition) is 1. The van der Waals surface area contributed by atoms with Gasteiger partial charge < -0.3 is 4.90 Å². The molecule has 0 bridgehead atoms. The lowest BCUT2D eigenvalue weighted by atomic mass is 9.99. The molecule has 0 unspecified atom stereocenters. The van der Waals surface area contributed by atoms with Gasteiger partial charge in [-0.25, -0.2) is 4.39 Å². The van der Waals surface area contributed by atoms with Crippen molar-refractivity contribution >= 4 is 21.8 Å². The summed E-state index contributed by atoms with van der Waals surface area (Å²) in [6.45, 7) is 1.18. The van der Waals surface area contributed by atoms with Crippen molar-refractivity contribution in [3.63, 3.8) is 0 Å². The van der Waals surface area contributed by atoms with Gasteiger partial charge in [0.05, 0.1) is 5.56 Å². The van der Waals surface area contributed by atoms with Gasteiger partial charge in [-0.1, -0.05) is 40.2 Å². The molecule has 0 saturated heterocycles. The van der Waals surface area contributed by atoms with E-state index in [1.165, 1.54) is 17.7 Å². The molecule has 0 aromatic heterocycles. The Morgan fingerprint density at radius 3 is 2.65 bits per heavy atom. The summed E-state index contributed by atoms with van der Waals surface area (Å²) in [6.07, 6.45) is 0.820. The van der Waals surface area contributed by atoms with Gasteiger partial charge in [-0.2, -0.15) is 0 Å². The van der Waals surface area contributed by atoms with E-state index < -0.39 is 5.82 Å². The maximum atomic E-state index is 13.9. The van der Waals surface area contributed by atoms with Crippen molar-refractivity contribution in [3.05, 3.63) is 69.4 Å². The fraction of sp³-hybridized carbons (Fsp3) is 0.188. The minimum absolute atomic E-state index is 0.132. The molecule has 0 atom stereocenters. The highest BCUT2D eigenvalue weighted by atomic mass is 79.9. The third-order valence-corrected chi connectivity index (χ3v) is 4.07. The van der Waals surface area contributed by atoms with Crippen molar-refractivity contribution in [1.82, 2.24) is 4.90 Å². The summed E-state index contributed by atoms with van der Waals surface area (Å²) < 4.78 is 14.5. The van der Waals surface area contributed by atoms with E-state index in [-0.39, 0.29) is 11.5 Å². The molecule has 0 fully saturated rings. The Labute approximate surface area is 125 Å². The molecule has 0 aliphatic carbocycles. The molecule has 3 rings (SSSR count). The number of hydrogen-bond donors (Lipinski definition) is 0. The molecule has 0 radical (unpaired) electrons. The standard InChI is InChI=1S/C16H13BrFNO/c17-13-5-6-14(15(18)9-13)16(20)19-8-7-11-3-1-2-4-12(11)10-19/h1-6,9H,7-8,10H2. The fourth-order valence-corrected chi connectivity index (χ4v) is 2.84. The van der Waals surface area contributed by atoms with Crippen LogP contribution in [-0.4, -0.2) is 17.4 Å². The molecule has 0 N–H and O–H groups in total. The second-order valence-electron chi connectivity index (χ2n) is 4.87. The summed E-state index contributed by atoms with van der Waals surface area (Å²) in [4.78, 5) is 14.1. The summed E-state index contributed by atoms with van der Waals surface area (Å²) in [5.74, 6) is -0.729. The topological polar surface area (TPSA) is 20.3 Å². The van der Waals surface area contributed by atoms with Crippen LogP contribution in [0.15, 0.2) is 46.9 Å². The van der Waals surface area contributed by atoms with E-state index in [0.717, 1.165) is 12.0 Å². The average molecular weight is 334 g/mol. The van der Waals surface area contributed by atoms with Gasteiger partial charge in [-0.3, -0.25) is 4.79 Å². The van der Waals surface area contributed by atoms with Crippen LogP contribution >= 0.6 is 15.9 Å². The summed E-state index contributed by atoms with van der Waals surface area (Å²) >= 11 is 3.20. The normalized spacial score (nSPS) is 14.0. The summed E-state index contributed by atoms with van der Waals surface area (Å²) in [5.41, 5.74) is 2.55. The van der Waals surface area contributed by atoms with Crippen LogP contribution < -0.4 is 0 Å². The first-order valence-corrected chi connectivity index (χ1v) is 7.25. The van der Waals surface area contributed by atoms with Crippen molar-refractivity contribution < 1.29 is 9.18 Å². The molecule has 20 heavy (non-hydrogen) atoms. The highest BCUT2D eigenvalue weighted by Gasteiger charge is 2.23. The number of halogens is 2. The number of benzene rings is 2. The van der Waals surface area contributed by atoms with Crippen LogP contribution in [0.1, 0.15) is 21.5 Å². The van der Waals surface area contributed by atoms with Crippen molar-refractivity contribution in [2.75, 3.05) is 6.54 Å². The number of carbonyl (C=O) groups is 1. The van der Waals surface area contributed by atoms with Crippen LogP contribution in [0, 0.1) is 5.82 Å². The summed E-state index contributed by atoms with van der Waals surface area (Å²) in [7, 11) is 0. The van der Waals surface area contributed by atoms with Gasteiger partial charge in [-0.15, -0.1) is 0 Å². The first-order chi connectivity index (χ1) is 9.65. The smallest absolute Gasteiger partial charge is 0.257 e. The monoisotopic (exact) mass is 333 g/mol. The molecular formula is C16H13BrFNO. The SMILES string of the molecule is O=C(c1ccc(Br)cc1F)N1CCc2ccccc2C1. The molecule has 1 aliphatic heterocycles. The molecular weight excluding hydrogens is 321 g/mol. The van der Waals surface area contributed by atoms with Crippen molar-refractivity contribution in [2.24, 2.45) is 0 Å². The Morgan fingerprint density at radius 2 is 1.90 bits per heavy atom. The Kier molecular flexibility index (Phi) is 3.57. The average Bonchev–Trinajstić information content (AvgIpc) is 2.46. The third kappa shape index (κ3) is 2.48. The molecule has 102 valence electrons. The van der Waals surface area contributed by atoms with Crippen molar-refractivity contribution in [1.29, 1.82) is 0 Å². The Hall–Kier alpha value is -1.68. The zero-order valence-corrected chi connectivity index (χ0v) is 12.4. The van der Waals surface area contributed by atoms with Crippen molar-refractivity contribution in [3.8, 4) is 0 Å². The van der Waals surface area contributed by atoms with Crippen LogP contribution in [0.5, 0.6) is 0 Å². The predicted molar refractivity (Wildman–Crippen MR) is 79.0 cm³/mol. The van der Waals surface area contributed by atoms with E-state index in [1.807, 2.05) is 18.2 Å². The van der Waals surface area contributed by atoms with Gasteiger partial charge >= 0.3 is 0 Å². The number of fused-ring (bicyclic) bond motifs is 1. The zero-order chi connectivity index (χ0) is 14.1. The second-order valence-corrected chi connectivity index (χ2v) is 5.79. The van der Waals surface area contributed by atoms with Crippen LogP contribution in [-0.2, 0) is 13.0 Å². The van der Waals surface area contributed by atoms with Crippen LogP contribution in [0.2, 0.25) is 0 Å². The highest BCUT2D eigenvalue weighted by Crippen LogP contribution is 2.22. The van der Waals surface area contributed by atoms with Crippen LogP contribution in [0.3, 0.4) is 0 Å². The van der Waals surface area contributed by atoms with Gasteiger partial charge in [0.2, 0.25) is 0 Å². The van der Waals surface area contributed by atoms with Gasteiger partial charge in [0.1, 0.15) is 5.82 Å². The molecule has 2 aromatic carbocycles. The van der Waals surface area contributed by atoms with E-state index in [9.17, 15) is 9.18 Å². The number of amides is 1. The molecule has 1 amide bonds. The van der Waals surface area contributed by atoms with Crippen LogP contribution in [0.25, 0.3) is 0 Å². The van der Waals surface area contributed by atoms with Gasteiger partial charge in [0.15, 0.2) is 0 Å². The first-order valence-electron chi connectivity index (χ1n) is 6.46. The Morgan fingerprint density at radius 1 is 1.15 bits per heavy atom. The van der Waals surface area contributed by atoms with Gasteiger partial charge in [0.25, 0.3) is 5.91 Å². The molecule has 2 aromatic rings. The summed E-state index contributed by atoms with van der Waals surface area (Å²) in [5, 5.41) is 0. The van der Waals surface area contributed by atoms with Gasteiger partial charge in [0, 0.05) is 17.6 Å². The molecule has 0 saturated carbocycles. The van der Waals surface area contributed by atoms with E-state index in [1.54, 1.807) is 11.0 Å². The minimum Gasteiger partial charge on any atom is -0.334 e. The Bertz CT molecular complexity index is 671. The third-order valence-electron chi connectivity index (χ3n) is 3.58. The maximum absolute atomic E-state index is 13.9.